The third kappa shape index (κ3) is 7.11. The first-order valence-corrected chi connectivity index (χ1v) is 9.24. The number of alkyl halides is 1. The molecule has 1 aromatic heterocycles. The van der Waals surface area contributed by atoms with Crippen LogP contribution in [-0.2, 0) is 16.3 Å². The lowest BCUT2D eigenvalue weighted by Gasteiger charge is -2.28. The zero-order valence-electron chi connectivity index (χ0n) is 15.9. The minimum atomic E-state index is -1.50. The summed E-state index contributed by atoms with van der Waals surface area (Å²) in [5.41, 5.74) is 0.968. The van der Waals surface area contributed by atoms with Crippen molar-refractivity contribution in [1.29, 1.82) is 0 Å². The highest BCUT2D eigenvalue weighted by molar-refractivity contribution is 6.30. The van der Waals surface area contributed by atoms with E-state index in [1.807, 2.05) is 42.5 Å². The van der Waals surface area contributed by atoms with Crippen molar-refractivity contribution >= 4 is 23.2 Å². The fourth-order valence-electron chi connectivity index (χ4n) is 2.45. The number of hydrogen-bond acceptors (Lipinski definition) is 6. The highest BCUT2D eigenvalue weighted by atomic mass is 35.5. The largest absolute Gasteiger partial charge is 0.493 e. The van der Waals surface area contributed by atoms with Crippen molar-refractivity contribution in [2.45, 2.75) is 11.6 Å². The van der Waals surface area contributed by atoms with Gasteiger partial charge >= 0.3 is 0 Å². The zero-order chi connectivity index (χ0) is 22.0. The molecule has 0 bridgehead atoms. The lowest BCUT2D eigenvalue weighted by atomic mass is 10.1. The molecule has 0 saturated carbocycles. The lowest BCUT2D eigenvalue weighted by Crippen LogP contribution is -2.33. The van der Waals surface area contributed by atoms with Gasteiger partial charge in [0.25, 0.3) is 5.09 Å². The molecule has 9 nitrogen and oxygen atoms in total. The SMILES string of the molecule is COc1ccccc1OCOC(Cl)(Cc1ccc(Cl)cc1)n1ccnc1.O=[N+]([O-])O. The number of benzene rings is 2. The maximum Gasteiger partial charge on any atom is 0.291 e. The highest BCUT2D eigenvalue weighted by Crippen LogP contribution is 2.31. The summed E-state index contributed by atoms with van der Waals surface area (Å²) < 4.78 is 18.5. The Morgan fingerprint density at radius 3 is 2.40 bits per heavy atom. The first kappa shape index (κ1) is 23.3. The van der Waals surface area contributed by atoms with Crippen LogP contribution in [0.25, 0.3) is 0 Å². The minimum absolute atomic E-state index is 0.0599. The number of aromatic nitrogens is 2. The van der Waals surface area contributed by atoms with Gasteiger partial charge in [0.1, 0.15) is 0 Å². The molecule has 0 fully saturated rings. The van der Waals surface area contributed by atoms with Gasteiger partial charge in [-0.25, -0.2) is 4.98 Å². The highest BCUT2D eigenvalue weighted by Gasteiger charge is 2.31. The molecule has 0 aliphatic rings. The van der Waals surface area contributed by atoms with Gasteiger partial charge in [-0.15, -0.1) is 10.1 Å². The fraction of sp³-hybridized carbons (Fsp3) is 0.211. The van der Waals surface area contributed by atoms with Crippen LogP contribution in [0.2, 0.25) is 5.02 Å². The minimum Gasteiger partial charge on any atom is -0.493 e. The first-order valence-electron chi connectivity index (χ1n) is 8.49. The van der Waals surface area contributed by atoms with Crippen molar-refractivity contribution in [2.75, 3.05) is 13.9 Å². The molecule has 0 aliphatic carbocycles. The molecule has 0 spiro atoms. The third-order valence-corrected chi connectivity index (χ3v) is 4.48. The predicted molar refractivity (Wildman–Crippen MR) is 110 cm³/mol. The van der Waals surface area contributed by atoms with Crippen molar-refractivity contribution in [2.24, 2.45) is 0 Å². The Morgan fingerprint density at radius 1 is 1.20 bits per heavy atom. The second-order valence-electron chi connectivity index (χ2n) is 5.76. The van der Waals surface area contributed by atoms with Gasteiger partial charge in [-0.1, -0.05) is 47.5 Å². The van der Waals surface area contributed by atoms with Crippen molar-refractivity contribution in [3.8, 4) is 11.5 Å². The van der Waals surface area contributed by atoms with Gasteiger partial charge in [-0.3, -0.25) is 4.57 Å². The molecular weight excluding hydrogens is 437 g/mol. The van der Waals surface area contributed by atoms with Gasteiger partial charge < -0.3 is 19.4 Å². The summed E-state index contributed by atoms with van der Waals surface area (Å²) in [6.07, 6.45) is 5.39. The number of halogens is 2. The standard InChI is InChI=1S/C19H18Cl2N2O3.HNO3/c1-24-17-4-2-3-5-18(17)25-14-26-19(21,23-11-10-22-13-23)12-15-6-8-16(20)9-7-15;2-1(3)4/h2-11,13H,12,14H2,1H3;(H,2,3,4). The van der Waals surface area contributed by atoms with Gasteiger partial charge in [-0.05, 0) is 29.8 Å². The molecule has 1 N–H and O–H groups in total. The first-order chi connectivity index (χ1) is 14.3. The number of ether oxygens (including phenoxy) is 3. The Bertz CT molecular complexity index is 920. The Labute approximate surface area is 182 Å². The van der Waals surface area contributed by atoms with Crippen molar-refractivity contribution in [3.05, 3.63) is 88.0 Å². The number of nitrogens with zero attached hydrogens (tertiary/aromatic N) is 3. The second kappa shape index (κ2) is 11.2. The molecule has 3 aromatic rings. The van der Waals surface area contributed by atoms with Gasteiger partial charge in [-0.2, -0.15) is 0 Å². The van der Waals surface area contributed by atoms with Crippen LogP contribution in [0.15, 0.2) is 67.3 Å². The Kier molecular flexibility index (Phi) is 8.72. The monoisotopic (exact) mass is 455 g/mol. The summed E-state index contributed by atoms with van der Waals surface area (Å²) in [5.74, 6) is 1.20. The van der Waals surface area contributed by atoms with Crippen molar-refractivity contribution < 1.29 is 24.5 Å². The van der Waals surface area contributed by atoms with E-state index in [1.54, 1.807) is 36.5 Å². The summed E-state index contributed by atoms with van der Waals surface area (Å²) >= 11 is 12.7. The maximum atomic E-state index is 8.36. The molecular formula is C19H19Cl2N3O6. The molecule has 2 aromatic carbocycles. The van der Waals surface area contributed by atoms with Crippen molar-refractivity contribution in [3.63, 3.8) is 0 Å². The van der Waals surface area contributed by atoms with E-state index in [1.165, 1.54) is 0 Å². The van der Waals surface area contributed by atoms with Gasteiger partial charge in [0.15, 0.2) is 18.3 Å². The van der Waals surface area contributed by atoms with Crippen LogP contribution in [-0.4, -0.2) is 33.7 Å². The molecule has 0 amide bonds. The van der Waals surface area contributed by atoms with Gasteiger partial charge in [0.2, 0.25) is 5.18 Å². The topological polar surface area (TPSA) is 109 Å². The normalized spacial score (nSPS) is 12.2. The molecule has 30 heavy (non-hydrogen) atoms. The number of methoxy groups -OCH3 is 1. The van der Waals surface area contributed by atoms with Crippen LogP contribution in [0.3, 0.4) is 0 Å². The van der Waals surface area contributed by atoms with E-state index in [0.29, 0.717) is 22.9 Å². The zero-order valence-corrected chi connectivity index (χ0v) is 17.4. The van der Waals surface area contributed by atoms with Crippen molar-refractivity contribution in [1.82, 2.24) is 9.55 Å². The van der Waals surface area contributed by atoms with E-state index in [-0.39, 0.29) is 6.79 Å². The molecule has 0 aliphatic heterocycles. The number of hydrogen-bond donors (Lipinski definition) is 1. The van der Waals surface area contributed by atoms with Crippen LogP contribution in [0.5, 0.6) is 11.5 Å². The molecule has 1 atom stereocenters. The number of para-hydroxylation sites is 2. The van der Waals surface area contributed by atoms with E-state index in [0.717, 1.165) is 5.56 Å². The van der Waals surface area contributed by atoms with Crippen LogP contribution in [0.4, 0.5) is 0 Å². The molecule has 11 heteroatoms. The van der Waals surface area contributed by atoms with Gasteiger partial charge in [0.05, 0.1) is 13.4 Å². The lowest BCUT2D eigenvalue weighted by molar-refractivity contribution is -0.742. The molecule has 0 saturated heterocycles. The second-order valence-corrected chi connectivity index (χ2v) is 6.78. The predicted octanol–water partition coefficient (Wildman–Crippen LogP) is 4.34. The quantitative estimate of drug-likeness (QED) is 0.232. The summed E-state index contributed by atoms with van der Waals surface area (Å²) in [5, 5.41) is 13.1. The van der Waals surface area contributed by atoms with E-state index in [2.05, 4.69) is 4.98 Å². The summed E-state index contributed by atoms with van der Waals surface area (Å²) in [7, 11) is 1.58. The molecule has 0 radical (unpaired) electrons. The fourth-order valence-corrected chi connectivity index (χ4v) is 2.87. The third-order valence-electron chi connectivity index (χ3n) is 3.79. The molecule has 3 rings (SSSR count). The molecule has 1 unspecified atom stereocenters. The smallest absolute Gasteiger partial charge is 0.291 e. The Balaban J connectivity index is 0.000000735. The summed E-state index contributed by atoms with van der Waals surface area (Å²) in [6.45, 7) is -0.0599. The van der Waals surface area contributed by atoms with Gasteiger partial charge in [0, 0.05) is 23.8 Å². The van der Waals surface area contributed by atoms with E-state index >= 15 is 0 Å². The summed E-state index contributed by atoms with van der Waals surface area (Å²) in [6, 6.07) is 14.8. The van der Waals surface area contributed by atoms with Crippen LogP contribution in [0, 0.1) is 10.1 Å². The Morgan fingerprint density at radius 2 is 1.83 bits per heavy atom. The van der Waals surface area contributed by atoms with Crippen LogP contribution >= 0.6 is 23.2 Å². The van der Waals surface area contributed by atoms with E-state index in [4.69, 9.17) is 52.7 Å². The summed E-state index contributed by atoms with van der Waals surface area (Å²) in [4.78, 5) is 12.4. The Hall–Kier alpha value is -3.01. The maximum absolute atomic E-state index is 8.36. The molecule has 1 heterocycles. The van der Waals surface area contributed by atoms with Crippen LogP contribution < -0.4 is 9.47 Å². The van der Waals surface area contributed by atoms with E-state index in [9.17, 15) is 0 Å². The average Bonchev–Trinajstić information content (AvgIpc) is 3.25. The van der Waals surface area contributed by atoms with E-state index < -0.39 is 10.3 Å². The number of rotatable bonds is 8. The average molecular weight is 456 g/mol. The number of imidazole rings is 1. The van der Waals surface area contributed by atoms with Crippen LogP contribution in [0.1, 0.15) is 5.56 Å². The molecule has 160 valence electrons.